The minimum absolute atomic E-state index is 0.0569. The zero-order chi connectivity index (χ0) is 26.6. The fraction of sp³-hybridized carbons (Fsp3) is 0.312. The van der Waals surface area contributed by atoms with Crippen LogP contribution in [-0.2, 0) is 22.4 Å². The minimum Gasteiger partial charge on any atom is -0.507 e. The second-order valence-electron chi connectivity index (χ2n) is 9.96. The lowest BCUT2D eigenvalue weighted by Crippen LogP contribution is -2.31. The Balaban J connectivity index is 1.55. The predicted molar refractivity (Wildman–Crippen MR) is 146 cm³/mol. The number of aliphatic hydroxyl groups is 1. The molecule has 2 aliphatic rings. The third-order valence-corrected chi connectivity index (χ3v) is 7.13. The fourth-order valence-corrected chi connectivity index (χ4v) is 5.19. The smallest absolute Gasteiger partial charge is 0.295 e. The number of amides is 1. The van der Waals surface area contributed by atoms with E-state index >= 15 is 0 Å². The zero-order valence-corrected chi connectivity index (χ0v) is 21.9. The maximum Gasteiger partial charge on any atom is 0.295 e. The summed E-state index contributed by atoms with van der Waals surface area (Å²) < 4.78 is 11.7. The van der Waals surface area contributed by atoms with Crippen LogP contribution in [0.15, 0.2) is 78.4 Å². The molecule has 1 N–H and O–H groups in total. The van der Waals surface area contributed by atoms with Crippen molar-refractivity contribution in [2.45, 2.75) is 51.7 Å². The average molecular weight is 512 g/mol. The van der Waals surface area contributed by atoms with Crippen molar-refractivity contribution >= 4 is 17.4 Å². The number of ether oxygens (including phenoxy) is 2. The third kappa shape index (κ3) is 5.17. The van der Waals surface area contributed by atoms with E-state index in [-0.39, 0.29) is 17.4 Å². The molecule has 2 atom stereocenters. The van der Waals surface area contributed by atoms with Crippen LogP contribution in [0.2, 0.25) is 0 Å². The molecular weight excluding hydrogens is 478 g/mol. The first-order chi connectivity index (χ1) is 18.5. The number of aliphatic hydroxyl groups excluding tert-OH is 1. The first-order valence-corrected chi connectivity index (χ1v) is 13.3. The van der Waals surface area contributed by atoms with Crippen LogP contribution in [0.1, 0.15) is 55.0 Å². The average Bonchev–Trinajstić information content (AvgIpc) is 3.43. The second-order valence-corrected chi connectivity index (χ2v) is 9.96. The van der Waals surface area contributed by atoms with Crippen molar-refractivity contribution in [1.29, 1.82) is 0 Å². The van der Waals surface area contributed by atoms with Gasteiger partial charge in [-0.3, -0.25) is 9.59 Å². The summed E-state index contributed by atoms with van der Waals surface area (Å²) in [6, 6.07) is 22.0. The number of ketones is 1. The third-order valence-electron chi connectivity index (χ3n) is 7.13. The molecule has 38 heavy (non-hydrogen) atoms. The number of rotatable bonds is 9. The first-order valence-electron chi connectivity index (χ1n) is 13.3. The van der Waals surface area contributed by atoms with Crippen molar-refractivity contribution in [3.8, 4) is 11.5 Å². The van der Waals surface area contributed by atoms with Gasteiger partial charge >= 0.3 is 0 Å². The lowest BCUT2D eigenvalue weighted by atomic mass is 9.94. The largest absolute Gasteiger partial charge is 0.507 e. The van der Waals surface area contributed by atoms with E-state index in [0.717, 1.165) is 41.7 Å². The van der Waals surface area contributed by atoms with Crippen LogP contribution in [0.5, 0.6) is 11.5 Å². The summed E-state index contributed by atoms with van der Waals surface area (Å²) >= 11 is 0. The van der Waals surface area contributed by atoms with Gasteiger partial charge in [0.1, 0.15) is 23.4 Å². The molecule has 1 fully saturated rings. The highest BCUT2D eigenvalue weighted by molar-refractivity contribution is 6.46. The molecule has 0 aliphatic carbocycles. The van der Waals surface area contributed by atoms with Gasteiger partial charge in [-0.1, -0.05) is 55.8 Å². The Morgan fingerprint density at radius 3 is 2.66 bits per heavy atom. The lowest BCUT2D eigenvalue weighted by Gasteiger charge is -2.26. The van der Waals surface area contributed by atoms with Gasteiger partial charge < -0.3 is 19.5 Å². The Morgan fingerprint density at radius 1 is 1.05 bits per heavy atom. The molecule has 2 unspecified atom stereocenters. The number of Topliss-reactive ketones (excluding diaryl/α,β-unsaturated/α-hetero) is 1. The zero-order valence-electron chi connectivity index (χ0n) is 21.9. The van der Waals surface area contributed by atoms with Gasteiger partial charge in [-0.05, 0) is 66.8 Å². The van der Waals surface area contributed by atoms with Crippen molar-refractivity contribution in [1.82, 2.24) is 4.90 Å². The number of carbonyl (C=O) groups is 2. The molecule has 0 radical (unpaired) electrons. The number of carbonyl (C=O) groups excluding carboxylic acids is 2. The van der Waals surface area contributed by atoms with Crippen molar-refractivity contribution in [2.75, 3.05) is 13.2 Å². The van der Waals surface area contributed by atoms with Gasteiger partial charge in [0.25, 0.3) is 11.7 Å². The number of nitrogens with zero attached hydrogens (tertiary/aromatic N) is 1. The van der Waals surface area contributed by atoms with E-state index in [0.29, 0.717) is 30.9 Å². The lowest BCUT2D eigenvalue weighted by molar-refractivity contribution is -0.139. The van der Waals surface area contributed by atoms with Crippen molar-refractivity contribution in [3.63, 3.8) is 0 Å². The second kappa shape index (κ2) is 11.1. The number of benzene rings is 3. The van der Waals surface area contributed by atoms with E-state index < -0.39 is 17.7 Å². The van der Waals surface area contributed by atoms with Crippen LogP contribution in [0.4, 0.5) is 0 Å². The highest BCUT2D eigenvalue weighted by Gasteiger charge is 2.46. The number of fused-ring (bicyclic) bond motifs is 1. The van der Waals surface area contributed by atoms with Gasteiger partial charge in [-0.15, -0.1) is 0 Å². The van der Waals surface area contributed by atoms with E-state index in [1.54, 1.807) is 11.0 Å². The SMILES string of the molecule is CCCCOc1cccc(C2/C(=C(\O)c3ccc4c(c3)CC(C)O4)C(=O)C(=O)N2CCc2ccccc2)c1. The molecule has 5 rings (SSSR count). The summed E-state index contributed by atoms with van der Waals surface area (Å²) in [5.74, 6) is 0.000193. The summed E-state index contributed by atoms with van der Waals surface area (Å²) in [5, 5.41) is 11.5. The van der Waals surface area contributed by atoms with Crippen molar-refractivity contribution in [3.05, 3.63) is 101 Å². The van der Waals surface area contributed by atoms with Crippen molar-refractivity contribution < 1.29 is 24.2 Å². The molecule has 0 saturated carbocycles. The number of hydrogen-bond donors (Lipinski definition) is 1. The molecule has 6 nitrogen and oxygen atoms in total. The van der Waals surface area contributed by atoms with Gasteiger partial charge in [0, 0.05) is 18.5 Å². The molecule has 196 valence electrons. The summed E-state index contributed by atoms with van der Waals surface area (Å²) in [5.41, 5.74) is 3.37. The normalized spacial score (nSPS) is 19.9. The maximum atomic E-state index is 13.4. The molecular formula is C32H33NO5. The highest BCUT2D eigenvalue weighted by atomic mass is 16.5. The molecule has 2 heterocycles. The Hall–Kier alpha value is -4.06. The Morgan fingerprint density at radius 2 is 1.87 bits per heavy atom. The van der Waals surface area contributed by atoms with Crippen LogP contribution in [0.3, 0.4) is 0 Å². The van der Waals surface area contributed by atoms with Gasteiger partial charge in [0.2, 0.25) is 0 Å². The summed E-state index contributed by atoms with van der Waals surface area (Å²) in [7, 11) is 0. The molecule has 6 heteroatoms. The summed E-state index contributed by atoms with van der Waals surface area (Å²) in [6.45, 7) is 5.02. The van der Waals surface area contributed by atoms with Gasteiger partial charge in [0.15, 0.2) is 0 Å². The standard InChI is InChI=1S/C32H33NO5/c1-3-4-17-37-26-12-8-11-23(20-26)29-28(30(34)24-13-14-27-25(19-24)18-21(2)38-27)31(35)32(36)33(29)16-15-22-9-6-5-7-10-22/h5-14,19-21,29,34H,3-4,15-18H2,1-2H3/b30-28+. The van der Waals surface area contributed by atoms with Crippen LogP contribution < -0.4 is 9.47 Å². The van der Waals surface area contributed by atoms with E-state index in [2.05, 4.69) is 6.92 Å². The monoisotopic (exact) mass is 511 g/mol. The molecule has 1 saturated heterocycles. The quantitative estimate of drug-likeness (QED) is 0.169. The summed E-state index contributed by atoms with van der Waals surface area (Å²) in [4.78, 5) is 28.4. The van der Waals surface area contributed by atoms with Gasteiger partial charge in [0.05, 0.1) is 18.2 Å². The predicted octanol–water partition coefficient (Wildman–Crippen LogP) is 5.85. The number of likely N-dealkylation sites (tertiary alicyclic amines) is 1. The van der Waals surface area contributed by atoms with Crippen LogP contribution in [0, 0.1) is 0 Å². The molecule has 1 amide bonds. The van der Waals surface area contributed by atoms with E-state index in [4.69, 9.17) is 9.47 Å². The Kier molecular flexibility index (Phi) is 7.50. The Labute approximate surface area is 223 Å². The van der Waals surface area contributed by atoms with Crippen LogP contribution in [0.25, 0.3) is 5.76 Å². The molecule has 3 aromatic rings. The van der Waals surface area contributed by atoms with Gasteiger partial charge in [-0.2, -0.15) is 0 Å². The molecule has 0 aromatic heterocycles. The molecule has 0 spiro atoms. The minimum atomic E-state index is -0.725. The Bertz CT molecular complexity index is 1360. The molecule has 0 bridgehead atoms. The molecule has 3 aromatic carbocycles. The van der Waals surface area contributed by atoms with Gasteiger partial charge in [-0.25, -0.2) is 0 Å². The maximum absolute atomic E-state index is 13.4. The van der Waals surface area contributed by atoms with Crippen LogP contribution in [-0.4, -0.2) is 41.0 Å². The van der Waals surface area contributed by atoms with E-state index in [1.807, 2.05) is 73.7 Å². The fourth-order valence-electron chi connectivity index (χ4n) is 5.19. The van der Waals surface area contributed by atoms with Crippen molar-refractivity contribution in [2.24, 2.45) is 0 Å². The molecule has 2 aliphatic heterocycles. The van der Waals surface area contributed by atoms with E-state index in [1.165, 1.54) is 0 Å². The number of hydrogen-bond acceptors (Lipinski definition) is 5. The number of unbranched alkanes of at least 4 members (excludes halogenated alkanes) is 1. The van der Waals surface area contributed by atoms with E-state index in [9.17, 15) is 14.7 Å². The highest BCUT2D eigenvalue weighted by Crippen LogP contribution is 2.41. The topological polar surface area (TPSA) is 76.1 Å². The summed E-state index contributed by atoms with van der Waals surface area (Å²) in [6.07, 6.45) is 3.32. The van der Waals surface area contributed by atoms with Crippen LogP contribution >= 0.6 is 0 Å². The first kappa shape index (κ1) is 25.6.